The summed E-state index contributed by atoms with van der Waals surface area (Å²) in [7, 11) is 0. The second kappa shape index (κ2) is 9.76. The normalized spacial score (nSPS) is 16.3. The molecule has 0 aromatic heterocycles. The van der Waals surface area contributed by atoms with Crippen LogP contribution in [-0.2, 0) is 17.5 Å². The van der Waals surface area contributed by atoms with Gasteiger partial charge in [0.05, 0.1) is 17.8 Å². The maximum absolute atomic E-state index is 13.2. The van der Waals surface area contributed by atoms with Crippen molar-refractivity contribution in [1.29, 1.82) is 0 Å². The number of benzene rings is 2. The molecule has 2 aromatic carbocycles. The largest absolute Gasteiger partial charge is 0.418 e. The quantitative estimate of drug-likeness (QED) is 0.684. The molecule has 0 radical (unpaired) electrons. The lowest BCUT2D eigenvalue weighted by Gasteiger charge is -2.22. The van der Waals surface area contributed by atoms with Crippen molar-refractivity contribution in [3.63, 3.8) is 0 Å². The highest BCUT2D eigenvalue weighted by Gasteiger charge is 2.34. The average molecular weight is 444 g/mol. The predicted octanol–water partition coefficient (Wildman–Crippen LogP) is 4.64. The van der Waals surface area contributed by atoms with E-state index in [0.29, 0.717) is 26.2 Å². The summed E-state index contributed by atoms with van der Waals surface area (Å²) in [4.78, 5) is 16.5. The van der Waals surface area contributed by atoms with Crippen LogP contribution in [0.2, 0.25) is 5.02 Å². The number of hydrogen-bond donors (Lipinski definition) is 1. The van der Waals surface area contributed by atoms with Crippen LogP contribution in [0.1, 0.15) is 17.5 Å². The van der Waals surface area contributed by atoms with Crippen molar-refractivity contribution in [1.82, 2.24) is 9.80 Å². The molecule has 1 amide bonds. The molecule has 1 fully saturated rings. The standard InChI is InChI=1S/C21H22ClF4N3O/c22-16-4-7-19(18(12-16)21(24,25)26)27-20(30)14-29-9-1-8-28(10-11-29)13-15-2-5-17(23)6-3-15/h2-7,12H,1,8-11,13-14H2,(H,27,30). The van der Waals surface area contributed by atoms with Crippen molar-refractivity contribution in [3.8, 4) is 0 Å². The van der Waals surface area contributed by atoms with Crippen molar-refractivity contribution in [2.24, 2.45) is 0 Å². The van der Waals surface area contributed by atoms with Gasteiger partial charge in [0.1, 0.15) is 5.82 Å². The van der Waals surface area contributed by atoms with E-state index in [0.717, 1.165) is 30.7 Å². The number of nitrogens with one attached hydrogen (secondary N) is 1. The molecule has 4 nitrogen and oxygen atoms in total. The van der Waals surface area contributed by atoms with E-state index in [1.807, 2.05) is 4.90 Å². The Bertz CT molecular complexity index is 874. The van der Waals surface area contributed by atoms with Crippen molar-refractivity contribution in [3.05, 3.63) is 64.4 Å². The first-order valence-electron chi connectivity index (χ1n) is 9.56. The van der Waals surface area contributed by atoms with E-state index in [9.17, 15) is 22.4 Å². The SMILES string of the molecule is O=C(CN1CCCN(Cc2ccc(F)cc2)CC1)Nc1ccc(Cl)cc1C(F)(F)F. The Morgan fingerprint density at radius 3 is 2.37 bits per heavy atom. The number of rotatable bonds is 5. The van der Waals surface area contributed by atoms with E-state index in [-0.39, 0.29) is 23.1 Å². The maximum Gasteiger partial charge on any atom is 0.418 e. The summed E-state index contributed by atoms with van der Waals surface area (Å²) in [6.07, 6.45) is -3.79. The van der Waals surface area contributed by atoms with E-state index in [1.54, 1.807) is 12.1 Å². The van der Waals surface area contributed by atoms with Gasteiger partial charge in [0, 0.05) is 24.7 Å². The van der Waals surface area contributed by atoms with Gasteiger partial charge in [-0.3, -0.25) is 14.6 Å². The Balaban J connectivity index is 1.55. The molecule has 1 aliphatic rings. The van der Waals surface area contributed by atoms with Gasteiger partial charge in [0.15, 0.2) is 0 Å². The molecule has 162 valence electrons. The van der Waals surface area contributed by atoms with Crippen LogP contribution in [0.3, 0.4) is 0 Å². The summed E-state index contributed by atoms with van der Waals surface area (Å²) in [6.45, 7) is 3.50. The number of amides is 1. The van der Waals surface area contributed by atoms with Gasteiger partial charge in [-0.05, 0) is 55.4 Å². The van der Waals surface area contributed by atoms with Gasteiger partial charge in [-0.1, -0.05) is 23.7 Å². The highest BCUT2D eigenvalue weighted by molar-refractivity contribution is 6.30. The topological polar surface area (TPSA) is 35.6 Å². The maximum atomic E-state index is 13.2. The molecule has 0 atom stereocenters. The fourth-order valence-corrected chi connectivity index (χ4v) is 3.61. The van der Waals surface area contributed by atoms with Crippen LogP contribution in [0.25, 0.3) is 0 Å². The third-order valence-electron chi connectivity index (χ3n) is 4.93. The number of anilines is 1. The first kappa shape index (κ1) is 22.5. The number of nitrogens with zero attached hydrogens (tertiary/aromatic N) is 2. The van der Waals surface area contributed by atoms with Crippen molar-refractivity contribution in [2.75, 3.05) is 38.0 Å². The monoisotopic (exact) mass is 443 g/mol. The molecular formula is C21H22ClF4N3O. The molecule has 2 aromatic rings. The summed E-state index contributed by atoms with van der Waals surface area (Å²) in [5.74, 6) is -0.782. The Kier molecular flexibility index (Phi) is 7.33. The highest BCUT2D eigenvalue weighted by Crippen LogP contribution is 2.36. The van der Waals surface area contributed by atoms with Crippen LogP contribution >= 0.6 is 11.6 Å². The third kappa shape index (κ3) is 6.42. The van der Waals surface area contributed by atoms with Crippen LogP contribution in [0.15, 0.2) is 42.5 Å². The Hall–Kier alpha value is -2.16. The highest BCUT2D eigenvalue weighted by atomic mass is 35.5. The minimum Gasteiger partial charge on any atom is -0.324 e. The molecular weight excluding hydrogens is 422 g/mol. The van der Waals surface area contributed by atoms with Crippen molar-refractivity contribution >= 4 is 23.2 Å². The minimum atomic E-state index is -4.61. The number of carbonyl (C=O) groups excluding carboxylic acids is 1. The van der Waals surface area contributed by atoms with Gasteiger partial charge >= 0.3 is 6.18 Å². The molecule has 0 bridgehead atoms. The summed E-state index contributed by atoms with van der Waals surface area (Å²) in [6, 6.07) is 9.62. The molecule has 0 spiro atoms. The molecule has 0 saturated carbocycles. The zero-order valence-corrected chi connectivity index (χ0v) is 16.9. The van der Waals surface area contributed by atoms with Crippen LogP contribution in [0.5, 0.6) is 0 Å². The van der Waals surface area contributed by atoms with Gasteiger partial charge < -0.3 is 5.32 Å². The molecule has 1 aliphatic heterocycles. The third-order valence-corrected chi connectivity index (χ3v) is 5.16. The van der Waals surface area contributed by atoms with Crippen molar-refractivity contribution < 1.29 is 22.4 Å². The summed E-state index contributed by atoms with van der Waals surface area (Å²) >= 11 is 5.67. The smallest absolute Gasteiger partial charge is 0.324 e. The van der Waals surface area contributed by atoms with Crippen molar-refractivity contribution in [2.45, 2.75) is 19.1 Å². The molecule has 3 rings (SSSR count). The van der Waals surface area contributed by atoms with Crippen LogP contribution in [-0.4, -0.2) is 48.4 Å². The zero-order valence-electron chi connectivity index (χ0n) is 16.2. The summed E-state index contributed by atoms with van der Waals surface area (Å²) < 4.78 is 52.6. The lowest BCUT2D eigenvalue weighted by Crippen LogP contribution is -2.36. The fourth-order valence-electron chi connectivity index (χ4n) is 3.44. The second-order valence-electron chi connectivity index (χ2n) is 7.27. The Morgan fingerprint density at radius 2 is 1.67 bits per heavy atom. The fraction of sp³-hybridized carbons (Fsp3) is 0.381. The van der Waals surface area contributed by atoms with E-state index in [2.05, 4.69) is 10.2 Å². The van der Waals surface area contributed by atoms with E-state index >= 15 is 0 Å². The van der Waals surface area contributed by atoms with Gasteiger partial charge in [-0.2, -0.15) is 13.2 Å². The number of alkyl halides is 3. The summed E-state index contributed by atoms with van der Waals surface area (Å²) in [5, 5.41) is 2.31. The Morgan fingerprint density at radius 1 is 1.00 bits per heavy atom. The Labute approximate surface area is 177 Å². The lowest BCUT2D eigenvalue weighted by atomic mass is 10.1. The number of halogens is 5. The summed E-state index contributed by atoms with van der Waals surface area (Å²) in [5.41, 5.74) is -0.264. The molecule has 30 heavy (non-hydrogen) atoms. The molecule has 1 saturated heterocycles. The van der Waals surface area contributed by atoms with Gasteiger partial charge in [-0.25, -0.2) is 4.39 Å². The van der Waals surface area contributed by atoms with Gasteiger partial charge in [0.2, 0.25) is 5.91 Å². The van der Waals surface area contributed by atoms with Crippen LogP contribution < -0.4 is 5.32 Å². The molecule has 1 heterocycles. The van der Waals surface area contributed by atoms with Gasteiger partial charge in [0.25, 0.3) is 0 Å². The zero-order chi connectivity index (χ0) is 21.7. The van der Waals surface area contributed by atoms with E-state index in [4.69, 9.17) is 11.6 Å². The van der Waals surface area contributed by atoms with Crippen LogP contribution in [0.4, 0.5) is 23.2 Å². The predicted molar refractivity (Wildman–Crippen MR) is 108 cm³/mol. The first-order chi connectivity index (χ1) is 14.2. The molecule has 0 unspecified atom stereocenters. The number of hydrogen-bond acceptors (Lipinski definition) is 3. The lowest BCUT2D eigenvalue weighted by molar-refractivity contribution is -0.137. The van der Waals surface area contributed by atoms with Gasteiger partial charge in [-0.15, -0.1) is 0 Å². The number of carbonyl (C=O) groups is 1. The minimum absolute atomic E-state index is 0.00428. The first-order valence-corrected chi connectivity index (χ1v) is 9.94. The van der Waals surface area contributed by atoms with Crippen LogP contribution in [0, 0.1) is 5.82 Å². The molecule has 1 N–H and O–H groups in total. The second-order valence-corrected chi connectivity index (χ2v) is 7.70. The van der Waals surface area contributed by atoms with E-state index < -0.39 is 17.6 Å². The average Bonchev–Trinajstić information content (AvgIpc) is 2.89. The molecule has 0 aliphatic carbocycles. The molecule has 9 heteroatoms. The van der Waals surface area contributed by atoms with E-state index in [1.165, 1.54) is 18.2 Å².